The van der Waals surface area contributed by atoms with Crippen LogP contribution in [-0.4, -0.2) is 34.7 Å². The number of urea groups is 1. The second-order valence-electron chi connectivity index (χ2n) is 6.48. The Hall–Kier alpha value is -3.62. The third-order valence-electron chi connectivity index (χ3n) is 4.27. The summed E-state index contributed by atoms with van der Waals surface area (Å²) in [5.74, 6) is 0.171. The predicted molar refractivity (Wildman–Crippen MR) is 98.3 cm³/mol. The number of amides is 3. The van der Waals surface area contributed by atoms with E-state index in [0.717, 1.165) is 5.69 Å². The van der Waals surface area contributed by atoms with Crippen LogP contribution in [0, 0.1) is 12.7 Å². The molecule has 2 aliphatic heterocycles. The molecule has 1 aromatic carbocycles. The molecule has 144 valence electrons. The summed E-state index contributed by atoms with van der Waals surface area (Å²) < 4.78 is 24.6. The number of nitrogens with one attached hydrogen (secondary N) is 2. The van der Waals surface area contributed by atoms with Gasteiger partial charge in [-0.1, -0.05) is 0 Å². The smallest absolute Gasteiger partial charge is 0.414 e. The zero-order chi connectivity index (χ0) is 19.7. The molecule has 0 aliphatic carbocycles. The van der Waals surface area contributed by atoms with E-state index in [1.165, 1.54) is 29.3 Å². The summed E-state index contributed by atoms with van der Waals surface area (Å²) in [4.78, 5) is 29.2. The van der Waals surface area contributed by atoms with E-state index in [9.17, 15) is 14.0 Å². The summed E-state index contributed by atoms with van der Waals surface area (Å²) in [6.07, 6.45) is 3.13. The molecule has 3 amide bonds. The van der Waals surface area contributed by atoms with Crippen molar-refractivity contribution >= 4 is 23.5 Å². The summed E-state index contributed by atoms with van der Waals surface area (Å²) in [5, 5.41) is 5.17. The average molecular weight is 384 g/mol. The first-order chi connectivity index (χ1) is 13.5. The van der Waals surface area contributed by atoms with Gasteiger partial charge in [-0.2, -0.15) is 0 Å². The molecule has 0 spiro atoms. The lowest BCUT2D eigenvalue weighted by atomic mass is 10.2. The fourth-order valence-corrected chi connectivity index (χ4v) is 2.98. The summed E-state index contributed by atoms with van der Waals surface area (Å²) >= 11 is 0. The monoisotopic (exact) mass is 384 g/mol. The van der Waals surface area contributed by atoms with E-state index in [-0.39, 0.29) is 17.5 Å². The molecule has 1 atom stereocenters. The molecule has 9 heteroatoms. The van der Waals surface area contributed by atoms with Crippen molar-refractivity contribution in [1.29, 1.82) is 0 Å². The van der Waals surface area contributed by atoms with E-state index in [4.69, 9.17) is 9.47 Å². The number of hydrogen-bond acceptors (Lipinski definition) is 5. The Morgan fingerprint density at radius 3 is 2.86 bits per heavy atom. The molecule has 2 aromatic rings. The fourth-order valence-electron chi connectivity index (χ4n) is 2.98. The maximum absolute atomic E-state index is 14.0. The zero-order valence-corrected chi connectivity index (χ0v) is 14.9. The van der Waals surface area contributed by atoms with Gasteiger partial charge in [0.1, 0.15) is 23.9 Å². The van der Waals surface area contributed by atoms with Crippen LogP contribution in [0.2, 0.25) is 0 Å². The van der Waals surface area contributed by atoms with Crippen molar-refractivity contribution in [3.8, 4) is 5.75 Å². The van der Waals surface area contributed by atoms with E-state index in [1.54, 1.807) is 18.3 Å². The van der Waals surface area contributed by atoms with Gasteiger partial charge in [-0.25, -0.2) is 14.0 Å². The molecule has 2 N–H and O–H groups in total. The molecular weight excluding hydrogens is 367 g/mol. The number of cyclic esters (lactones) is 1. The van der Waals surface area contributed by atoms with Crippen molar-refractivity contribution in [2.24, 2.45) is 0 Å². The molecule has 0 bridgehead atoms. The number of fused-ring (bicyclic) bond motifs is 1. The molecule has 1 saturated heterocycles. The van der Waals surface area contributed by atoms with E-state index >= 15 is 0 Å². The van der Waals surface area contributed by atoms with E-state index in [1.807, 2.05) is 6.92 Å². The maximum atomic E-state index is 14.0. The highest BCUT2D eigenvalue weighted by atomic mass is 19.1. The van der Waals surface area contributed by atoms with Crippen LogP contribution < -0.4 is 15.4 Å². The van der Waals surface area contributed by atoms with Gasteiger partial charge >= 0.3 is 12.1 Å². The number of hydrogen-bond donors (Lipinski definition) is 2. The predicted octanol–water partition coefficient (Wildman–Crippen LogP) is 3.62. The van der Waals surface area contributed by atoms with E-state index in [0.29, 0.717) is 24.5 Å². The largest absolute Gasteiger partial charge is 0.460 e. The van der Waals surface area contributed by atoms with Crippen LogP contribution in [0.4, 0.5) is 25.4 Å². The number of carbonyl (C=O) groups is 2. The fraction of sp³-hybridized carbons (Fsp3) is 0.211. The minimum absolute atomic E-state index is 0.0949. The van der Waals surface area contributed by atoms with Crippen LogP contribution in [0.3, 0.4) is 0 Å². The van der Waals surface area contributed by atoms with Gasteiger partial charge in [0.15, 0.2) is 0 Å². The van der Waals surface area contributed by atoms with Crippen molar-refractivity contribution in [1.82, 2.24) is 9.88 Å². The topological polar surface area (TPSA) is 92.8 Å². The summed E-state index contributed by atoms with van der Waals surface area (Å²) in [6.45, 7) is 2.14. The van der Waals surface area contributed by atoms with Gasteiger partial charge in [0, 0.05) is 36.1 Å². The normalized spacial score (nSPS) is 17.6. The van der Waals surface area contributed by atoms with Crippen molar-refractivity contribution in [2.75, 3.05) is 17.2 Å². The number of rotatable bonds is 4. The van der Waals surface area contributed by atoms with Gasteiger partial charge in [-0.3, -0.25) is 9.88 Å². The van der Waals surface area contributed by atoms with Crippen LogP contribution in [0.15, 0.2) is 48.5 Å². The lowest BCUT2D eigenvalue weighted by molar-refractivity contribution is 0.165. The minimum atomic E-state index is -0.566. The molecular formula is C19H17FN4O4. The Morgan fingerprint density at radius 1 is 1.29 bits per heavy atom. The zero-order valence-electron chi connectivity index (χ0n) is 14.9. The molecule has 28 heavy (non-hydrogen) atoms. The molecule has 1 aromatic heterocycles. The quantitative estimate of drug-likeness (QED) is 0.840. The Balaban J connectivity index is 1.42. The molecule has 1 fully saturated rings. The van der Waals surface area contributed by atoms with Gasteiger partial charge in [-0.05, 0) is 25.1 Å². The Labute approximate surface area is 160 Å². The molecule has 0 radical (unpaired) electrons. The van der Waals surface area contributed by atoms with Gasteiger partial charge in [0.25, 0.3) is 0 Å². The third kappa shape index (κ3) is 3.88. The summed E-state index contributed by atoms with van der Waals surface area (Å²) in [7, 11) is 0. The van der Waals surface area contributed by atoms with Crippen molar-refractivity contribution in [3.05, 3.63) is 60.0 Å². The summed E-state index contributed by atoms with van der Waals surface area (Å²) in [5.41, 5.74) is 1.57. The second-order valence-corrected chi connectivity index (χ2v) is 6.48. The van der Waals surface area contributed by atoms with Crippen molar-refractivity contribution < 1.29 is 23.5 Å². The second kappa shape index (κ2) is 7.18. The lowest BCUT2D eigenvalue weighted by Crippen LogP contribution is -2.23. The van der Waals surface area contributed by atoms with Gasteiger partial charge in [0.2, 0.25) is 0 Å². The lowest BCUT2D eigenvalue weighted by Gasteiger charge is -2.11. The molecule has 8 nitrogen and oxygen atoms in total. The first-order valence-electron chi connectivity index (χ1n) is 8.61. The SMILES string of the molecule is Cc1ccc(NC(=O)Nc2cc(F)cc(OC3=CN4C(=O)OC[C@@H]4C3)c2)cn1. The number of anilines is 2. The van der Waals surface area contributed by atoms with Crippen LogP contribution >= 0.6 is 0 Å². The first-order valence-corrected chi connectivity index (χ1v) is 8.61. The number of ether oxygens (including phenoxy) is 2. The molecule has 0 saturated carbocycles. The highest BCUT2D eigenvalue weighted by Crippen LogP contribution is 2.30. The van der Waals surface area contributed by atoms with E-state index < -0.39 is 17.9 Å². The van der Waals surface area contributed by atoms with Gasteiger partial charge < -0.3 is 20.1 Å². The molecule has 0 unspecified atom stereocenters. The van der Waals surface area contributed by atoms with Crippen LogP contribution in [0.5, 0.6) is 5.75 Å². The van der Waals surface area contributed by atoms with Gasteiger partial charge in [0.05, 0.1) is 17.9 Å². The molecule has 4 rings (SSSR count). The highest BCUT2D eigenvalue weighted by Gasteiger charge is 2.37. The minimum Gasteiger partial charge on any atom is -0.460 e. The Kier molecular flexibility index (Phi) is 4.56. The van der Waals surface area contributed by atoms with Crippen LogP contribution in [0.1, 0.15) is 12.1 Å². The Bertz CT molecular complexity index is 961. The standard InChI is InChI=1S/C19H17FN4O4/c1-11-2-3-13(8-21-11)22-18(25)23-14-4-12(20)5-16(6-14)28-17-7-15-10-27-19(26)24(15)9-17/h2-6,8-9,15H,7,10H2,1H3,(H2,22,23,25)/t15-/m0/s1. The number of carbonyl (C=O) groups excluding carboxylic acids is 2. The van der Waals surface area contributed by atoms with Crippen molar-refractivity contribution in [2.45, 2.75) is 19.4 Å². The maximum Gasteiger partial charge on any atom is 0.414 e. The van der Waals surface area contributed by atoms with Crippen molar-refractivity contribution in [3.63, 3.8) is 0 Å². The molecule has 2 aliphatic rings. The summed E-state index contributed by atoms with van der Waals surface area (Å²) in [6, 6.07) is 6.73. The number of aryl methyl sites for hydroxylation is 1. The number of nitrogens with zero attached hydrogens (tertiary/aromatic N) is 2. The first kappa shape index (κ1) is 17.8. The number of halogens is 1. The molecule has 3 heterocycles. The number of aromatic nitrogens is 1. The Morgan fingerprint density at radius 2 is 2.11 bits per heavy atom. The van der Waals surface area contributed by atoms with E-state index in [2.05, 4.69) is 15.6 Å². The highest BCUT2D eigenvalue weighted by molar-refractivity contribution is 5.99. The number of pyridine rings is 1. The van der Waals surface area contributed by atoms with Gasteiger partial charge in [-0.15, -0.1) is 0 Å². The number of benzene rings is 1. The van der Waals surface area contributed by atoms with Crippen LogP contribution in [-0.2, 0) is 4.74 Å². The third-order valence-corrected chi connectivity index (χ3v) is 4.27. The van der Waals surface area contributed by atoms with Crippen LogP contribution in [0.25, 0.3) is 0 Å². The average Bonchev–Trinajstić information content (AvgIpc) is 3.18.